The van der Waals surface area contributed by atoms with Gasteiger partial charge in [0, 0.05) is 23.1 Å². The van der Waals surface area contributed by atoms with Crippen LogP contribution in [0.2, 0.25) is 0 Å². The lowest BCUT2D eigenvalue weighted by Gasteiger charge is -2.35. The third-order valence-corrected chi connectivity index (χ3v) is 8.74. The molecule has 0 radical (unpaired) electrons. The van der Waals surface area contributed by atoms with Crippen molar-refractivity contribution in [1.82, 2.24) is 10.3 Å². The Morgan fingerprint density at radius 3 is 2.61 bits per heavy atom. The maximum Gasteiger partial charge on any atom is 0.220 e. The van der Waals surface area contributed by atoms with Crippen molar-refractivity contribution in [2.24, 2.45) is 28.3 Å². The first-order valence-corrected chi connectivity index (χ1v) is 13.8. The molecule has 1 amide bonds. The van der Waals surface area contributed by atoms with E-state index >= 15 is 0 Å². The van der Waals surface area contributed by atoms with E-state index < -0.39 is 17.4 Å². The molecule has 2 heterocycles. The summed E-state index contributed by atoms with van der Waals surface area (Å²) >= 11 is 1.40. The number of aliphatic hydroxyl groups is 1. The SMILES string of the molecule is C/C1=C/C[C@@H](/C(C)=C/c2csc(CO)n2)NC(=O)C[C@H](C)C(C)(C)C(=O)[C@H](C)[C@@H](N=O)[C@@H](C)CCC1. The Kier molecular flexibility index (Phi) is 11.2. The molecule has 1 aromatic rings. The average molecular weight is 518 g/mol. The number of thiazole rings is 1. The number of aliphatic hydroxyl groups excluding tert-OH is 1. The molecule has 5 atom stereocenters. The molecule has 2 N–H and O–H groups in total. The fourth-order valence-electron chi connectivity index (χ4n) is 4.91. The predicted molar refractivity (Wildman–Crippen MR) is 146 cm³/mol. The largest absolute Gasteiger partial charge is 0.389 e. The van der Waals surface area contributed by atoms with Crippen molar-refractivity contribution in [1.29, 1.82) is 0 Å². The Balaban J connectivity index is 2.36. The molecule has 2 rings (SSSR count). The van der Waals surface area contributed by atoms with Crippen molar-refractivity contribution in [3.63, 3.8) is 0 Å². The van der Waals surface area contributed by atoms with Gasteiger partial charge in [0.2, 0.25) is 5.91 Å². The lowest BCUT2D eigenvalue weighted by molar-refractivity contribution is -0.135. The van der Waals surface area contributed by atoms with Crippen molar-refractivity contribution < 1.29 is 14.7 Å². The number of nitrogens with zero attached hydrogens (tertiary/aromatic N) is 2. The predicted octanol–water partition coefficient (Wildman–Crippen LogP) is 6.07. The Hall–Kier alpha value is -2.19. The van der Waals surface area contributed by atoms with E-state index in [9.17, 15) is 19.6 Å². The van der Waals surface area contributed by atoms with E-state index in [0.29, 0.717) is 11.4 Å². The van der Waals surface area contributed by atoms with Crippen molar-refractivity contribution >= 4 is 29.1 Å². The number of Topliss-reactive ketones (excluding diaryl/α,β-unsaturated/α-hetero) is 1. The van der Waals surface area contributed by atoms with E-state index in [1.807, 2.05) is 46.1 Å². The van der Waals surface area contributed by atoms with Crippen LogP contribution in [0.4, 0.5) is 0 Å². The van der Waals surface area contributed by atoms with Gasteiger partial charge in [-0.3, -0.25) is 9.59 Å². The number of ketones is 1. The van der Waals surface area contributed by atoms with Crippen LogP contribution in [0.1, 0.15) is 91.3 Å². The highest BCUT2D eigenvalue weighted by atomic mass is 32.1. The highest BCUT2D eigenvalue weighted by Crippen LogP contribution is 2.36. The second-order valence-corrected chi connectivity index (χ2v) is 12.0. The zero-order valence-electron chi connectivity index (χ0n) is 22.8. The van der Waals surface area contributed by atoms with Crippen LogP contribution < -0.4 is 5.32 Å². The Morgan fingerprint density at radius 2 is 2.00 bits per heavy atom. The Labute approximate surface area is 219 Å². The van der Waals surface area contributed by atoms with Gasteiger partial charge in [0.1, 0.15) is 16.8 Å². The third kappa shape index (κ3) is 7.90. The maximum atomic E-state index is 13.5. The topological polar surface area (TPSA) is 109 Å². The summed E-state index contributed by atoms with van der Waals surface area (Å²) in [5.74, 6) is -0.826. The molecule has 1 aliphatic heterocycles. The summed E-state index contributed by atoms with van der Waals surface area (Å²) in [4.78, 5) is 42.8. The number of hydrogen-bond donors (Lipinski definition) is 2. The first kappa shape index (κ1) is 30.0. The molecular formula is C28H43N3O4S. The highest BCUT2D eigenvalue weighted by Gasteiger charge is 2.41. The second kappa shape index (κ2) is 13.4. The average Bonchev–Trinajstić information content (AvgIpc) is 3.28. The highest BCUT2D eigenvalue weighted by molar-refractivity contribution is 7.09. The minimum Gasteiger partial charge on any atom is -0.389 e. The molecule has 0 spiro atoms. The standard InChI is InChI=1S/C28H43N3O4S/c1-17-9-8-10-18(2)26(31-35)21(5)27(34)28(6,7)20(4)14-24(33)30-23(12-11-17)19(3)13-22-16-36-25(15-32)29-22/h11,13,16,18,20-21,23,26,32H,8-10,12,14-15H2,1-7H3,(H,30,33)/b17-11-,19-13+/t18-,20-,21+,23-,26-/m0/s1. The van der Waals surface area contributed by atoms with E-state index in [1.54, 1.807) is 6.92 Å². The molecule has 0 bridgehead atoms. The zero-order valence-corrected chi connectivity index (χ0v) is 23.7. The quantitative estimate of drug-likeness (QED) is 0.372. The van der Waals surface area contributed by atoms with Crippen LogP contribution in [0.3, 0.4) is 0 Å². The van der Waals surface area contributed by atoms with Crippen molar-refractivity contribution in [2.75, 3.05) is 0 Å². The van der Waals surface area contributed by atoms with Crippen LogP contribution in [0, 0.1) is 28.1 Å². The van der Waals surface area contributed by atoms with Gasteiger partial charge in [-0.05, 0) is 63.0 Å². The van der Waals surface area contributed by atoms with Crippen molar-refractivity contribution in [2.45, 2.75) is 99.3 Å². The molecule has 0 aliphatic carbocycles. The van der Waals surface area contributed by atoms with E-state index in [1.165, 1.54) is 16.9 Å². The van der Waals surface area contributed by atoms with Gasteiger partial charge in [0.25, 0.3) is 0 Å². The lowest BCUT2D eigenvalue weighted by atomic mass is 9.69. The number of amides is 1. The molecule has 0 aromatic carbocycles. The number of nitroso groups, excluding NO2 is 1. The van der Waals surface area contributed by atoms with E-state index in [-0.39, 0.29) is 42.6 Å². The van der Waals surface area contributed by atoms with Gasteiger partial charge in [-0.2, -0.15) is 4.91 Å². The van der Waals surface area contributed by atoms with E-state index in [4.69, 9.17) is 0 Å². The molecule has 1 aromatic heterocycles. The Bertz CT molecular complexity index is 981. The van der Waals surface area contributed by atoms with Gasteiger partial charge in [0.15, 0.2) is 0 Å². The Morgan fingerprint density at radius 1 is 1.31 bits per heavy atom. The summed E-state index contributed by atoms with van der Waals surface area (Å²) in [6.45, 7) is 13.5. The third-order valence-electron chi connectivity index (χ3n) is 7.89. The van der Waals surface area contributed by atoms with Crippen LogP contribution in [-0.4, -0.2) is 33.9 Å². The molecule has 1 aliphatic rings. The fraction of sp³-hybridized carbons (Fsp3) is 0.679. The van der Waals surface area contributed by atoms with Crippen LogP contribution in [0.15, 0.2) is 27.8 Å². The van der Waals surface area contributed by atoms with E-state index in [0.717, 1.165) is 30.5 Å². The monoisotopic (exact) mass is 517 g/mol. The number of carbonyl (C=O) groups excluding carboxylic acids is 2. The van der Waals surface area contributed by atoms with Gasteiger partial charge in [-0.1, -0.05) is 51.4 Å². The summed E-state index contributed by atoms with van der Waals surface area (Å²) in [6.07, 6.45) is 7.60. The molecule has 200 valence electrons. The molecule has 0 saturated carbocycles. The maximum absolute atomic E-state index is 13.5. The number of hydrogen-bond acceptors (Lipinski definition) is 7. The number of rotatable bonds is 4. The van der Waals surface area contributed by atoms with Gasteiger partial charge in [0.05, 0.1) is 18.3 Å². The summed E-state index contributed by atoms with van der Waals surface area (Å²) in [6, 6.07) is -0.767. The molecular weight excluding hydrogens is 474 g/mol. The van der Waals surface area contributed by atoms with Crippen molar-refractivity contribution in [3.8, 4) is 0 Å². The van der Waals surface area contributed by atoms with Crippen LogP contribution in [0.25, 0.3) is 6.08 Å². The van der Waals surface area contributed by atoms with Crippen molar-refractivity contribution in [3.05, 3.63) is 38.2 Å². The normalized spacial score (nSPS) is 30.8. The second-order valence-electron chi connectivity index (χ2n) is 11.1. The minimum atomic E-state index is -0.769. The molecule has 7 nitrogen and oxygen atoms in total. The first-order chi connectivity index (χ1) is 16.9. The van der Waals surface area contributed by atoms with E-state index in [2.05, 4.69) is 28.5 Å². The first-order valence-electron chi connectivity index (χ1n) is 13.0. The summed E-state index contributed by atoms with van der Waals surface area (Å²) in [5.41, 5.74) is 2.21. The van der Waals surface area contributed by atoms with Gasteiger partial charge >= 0.3 is 0 Å². The lowest BCUT2D eigenvalue weighted by Crippen LogP contribution is -2.43. The van der Waals surface area contributed by atoms with Gasteiger partial charge < -0.3 is 10.4 Å². The zero-order chi connectivity index (χ0) is 27.0. The molecule has 8 heteroatoms. The molecule has 0 saturated heterocycles. The minimum absolute atomic E-state index is 0.0106. The summed E-state index contributed by atoms with van der Waals surface area (Å²) in [5, 5.41) is 18.4. The molecule has 0 fully saturated rings. The smallest absolute Gasteiger partial charge is 0.220 e. The number of aromatic nitrogens is 1. The van der Waals surface area contributed by atoms with Gasteiger partial charge in [-0.15, -0.1) is 11.3 Å². The molecule has 36 heavy (non-hydrogen) atoms. The molecule has 0 unspecified atom stereocenters. The van der Waals surface area contributed by atoms with Crippen LogP contribution >= 0.6 is 11.3 Å². The van der Waals surface area contributed by atoms with Crippen LogP contribution in [-0.2, 0) is 16.2 Å². The number of allylic oxidation sites excluding steroid dienone is 1. The fourth-order valence-corrected chi connectivity index (χ4v) is 5.52. The van der Waals surface area contributed by atoms with Gasteiger partial charge in [-0.25, -0.2) is 4.98 Å². The summed E-state index contributed by atoms with van der Waals surface area (Å²) in [7, 11) is 0. The number of carbonyl (C=O) groups is 2. The van der Waals surface area contributed by atoms with Crippen LogP contribution in [0.5, 0.6) is 0 Å². The summed E-state index contributed by atoms with van der Waals surface area (Å²) < 4.78 is 0. The number of nitrogens with one attached hydrogen (secondary N) is 1.